The normalized spacial score (nSPS) is 12.8. The number of hydrogen-bond acceptors (Lipinski definition) is 4. The first kappa shape index (κ1) is 17.2. The van der Waals surface area contributed by atoms with Gasteiger partial charge in [0.15, 0.2) is 0 Å². The molecule has 0 saturated carbocycles. The summed E-state index contributed by atoms with van der Waals surface area (Å²) in [6.45, 7) is 0.209. The van der Waals surface area contributed by atoms with Crippen LogP contribution < -0.4 is 10.0 Å². The Morgan fingerprint density at radius 2 is 1.96 bits per heavy atom. The van der Waals surface area contributed by atoms with Gasteiger partial charge >= 0.3 is 0 Å². The molecule has 0 aliphatic heterocycles. The van der Waals surface area contributed by atoms with Crippen LogP contribution in [0, 0.1) is 5.82 Å². The zero-order valence-corrected chi connectivity index (χ0v) is 13.3. The second-order valence-corrected chi connectivity index (χ2v) is 6.83. The van der Waals surface area contributed by atoms with Gasteiger partial charge in [-0.2, -0.15) is 0 Å². The number of nitrogens with one attached hydrogen (secondary N) is 2. The summed E-state index contributed by atoms with van der Waals surface area (Å²) in [5, 5.41) is 2.64. The van der Waals surface area contributed by atoms with Crippen LogP contribution in [0.15, 0.2) is 47.1 Å². The molecular formula is C15H17FN2O4S. The number of benzene rings is 1. The molecule has 1 aromatic heterocycles. The van der Waals surface area contributed by atoms with E-state index in [1.54, 1.807) is 12.1 Å². The van der Waals surface area contributed by atoms with Crippen LogP contribution in [0.4, 0.5) is 4.39 Å². The molecule has 124 valence electrons. The fraction of sp³-hybridized carbons (Fsp3) is 0.267. The van der Waals surface area contributed by atoms with Crippen LogP contribution in [0.25, 0.3) is 0 Å². The van der Waals surface area contributed by atoms with E-state index in [0.29, 0.717) is 11.3 Å². The number of carbonyl (C=O) groups is 1. The molecule has 0 radical (unpaired) electrons. The van der Waals surface area contributed by atoms with Crippen molar-refractivity contribution < 1.29 is 22.0 Å². The lowest BCUT2D eigenvalue weighted by Crippen LogP contribution is -2.33. The SMILES string of the molecule is CS(=O)(=O)N[C@@H](CC(=O)NCc1ccco1)c1ccc(F)cc1. The van der Waals surface area contributed by atoms with Crippen molar-refractivity contribution in [3.63, 3.8) is 0 Å². The molecule has 23 heavy (non-hydrogen) atoms. The number of halogens is 1. The van der Waals surface area contributed by atoms with Crippen LogP contribution >= 0.6 is 0 Å². The van der Waals surface area contributed by atoms with Crippen molar-refractivity contribution in [1.82, 2.24) is 10.0 Å². The molecule has 2 N–H and O–H groups in total. The maximum Gasteiger partial charge on any atom is 0.222 e. The van der Waals surface area contributed by atoms with Crippen molar-refractivity contribution in [3.8, 4) is 0 Å². The van der Waals surface area contributed by atoms with Gasteiger partial charge < -0.3 is 9.73 Å². The molecule has 0 saturated heterocycles. The molecule has 8 heteroatoms. The molecule has 6 nitrogen and oxygen atoms in total. The minimum Gasteiger partial charge on any atom is -0.467 e. The molecule has 2 aromatic rings. The topological polar surface area (TPSA) is 88.4 Å². The summed E-state index contributed by atoms with van der Waals surface area (Å²) in [7, 11) is -3.53. The standard InChI is InChI=1S/C15H17FN2O4S/c1-23(20,21)18-14(11-4-6-12(16)7-5-11)9-15(19)17-10-13-3-2-8-22-13/h2-8,14,18H,9-10H2,1H3,(H,17,19)/t14-/m0/s1. The highest BCUT2D eigenvalue weighted by molar-refractivity contribution is 7.88. The fourth-order valence-electron chi connectivity index (χ4n) is 2.04. The van der Waals surface area contributed by atoms with Crippen molar-refractivity contribution in [1.29, 1.82) is 0 Å². The number of sulfonamides is 1. The van der Waals surface area contributed by atoms with Gasteiger partial charge in [-0.3, -0.25) is 4.79 Å². The third-order valence-corrected chi connectivity index (χ3v) is 3.77. The average molecular weight is 340 g/mol. The Morgan fingerprint density at radius 3 is 2.52 bits per heavy atom. The number of carbonyl (C=O) groups excluding carboxylic acids is 1. The highest BCUT2D eigenvalue weighted by Crippen LogP contribution is 2.18. The van der Waals surface area contributed by atoms with Crippen molar-refractivity contribution >= 4 is 15.9 Å². The van der Waals surface area contributed by atoms with Crippen LogP contribution in [0.3, 0.4) is 0 Å². The number of hydrogen-bond donors (Lipinski definition) is 2. The Hall–Kier alpha value is -2.19. The molecule has 1 heterocycles. The van der Waals surface area contributed by atoms with Gasteiger partial charge in [-0.25, -0.2) is 17.5 Å². The number of furan rings is 1. The van der Waals surface area contributed by atoms with E-state index in [4.69, 9.17) is 4.42 Å². The third-order valence-electron chi connectivity index (χ3n) is 3.06. The number of amides is 1. The van der Waals surface area contributed by atoms with E-state index in [9.17, 15) is 17.6 Å². The largest absolute Gasteiger partial charge is 0.467 e. The molecule has 0 aliphatic carbocycles. The molecular weight excluding hydrogens is 323 g/mol. The zero-order valence-electron chi connectivity index (χ0n) is 12.5. The molecule has 0 unspecified atom stereocenters. The molecule has 1 atom stereocenters. The molecule has 0 aliphatic rings. The van der Waals surface area contributed by atoms with E-state index in [1.807, 2.05) is 0 Å². The van der Waals surface area contributed by atoms with Crippen LogP contribution in [-0.2, 0) is 21.4 Å². The smallest absolute Gasteiger partial charge is 0.222 e. The predicted octanol–water partition coefficient (Wildman–Crippen LogP) is 1.72. The van der Waals surface area contributed by atoms with Crippen molar-refractivity contribution in [2.75, 3.05) is 6.26 Å². The van der Waals surface area contributed by atoms with Gasteiger partial charge in [-0.05, 0) is 29.8 Å². The van der Waals surface area contributed by atoms with Crippen LogP contribution in [0.1, 0.15) is 23.8 Å². The summed E-state index contributed by atoms with van der Waals surface area (Å²) in [4.78, 5) is 12.0. The molecule has 0 bridgehead atoms. The van der Waals surface area contributed by atoms with E-state index >= 15 is 0 Å². The van der Waals surface area contributed by atoms with Crippen LogP contribution in [0.2, 0.25) is 0 Å². The van der Waals surface area contributed by atoms with Crippen molar-refractivity contribution in [3.05, 3.63) is 59.8 Å². The van der Waals surface area contributed by atoms with Gasteiger partial charge in [0.2, 0.25) is 15.9 Å². The summed E-state index contributed by atoms with van der Waals surface area (Å²) in [6, 6.07) is 7.96. The maximum atomic E-state index is 13.0. The van der Waals surface area contributed by atoms with E-state index in [0.717, 1.165) is 6.26 Å². The first-order valence-electron chi connectivity index (χ1n) is 6.85. The van der Waals surface area contributed by atoms with Gasteiger partial charge in [-0.1, -0.05) is 12.1 Å². The molecule has 0 fully saturated rings. The Bertz CT molecular complexity index is 742. The highest BCUT2D eigenvalue weighted by Gasteiger charge is 2.20. The monoisotopic (exact) mass is 340 g/mol. The van der Waals surface area contributed by atoms with Crippen LogP contribution in [0.5, 0.6) is 0 Å². The minimum absolute atomic E-state index is 0.112. The summed E-state index contributed by atoms with van der Waals surface area (Å²) in [6.07, 6.45) is 2.39. The first-order chi connectivity index (χ1) is 10.8. The number of rotatable bonds is 7. The van der Waals surface area contributed by atoms with Gasteiger partial charge in [-0.15, -0.1) is 0 Å². The Balaban J connectivity index is 2.04. The lowest BCUT2D eigenvalue weighted by molar-refractivity contribution is -0.121. The second-order valence-electron chi connectivity index (χ2n) is 5.05. The maximum absolute atomic E-state index is 13.0. The lowest BCUT2D eigenvalue weighted by Gasteiger charge is -2.17. The summed E-state index contributed by atoms with van der Waals surface area (Å²) in [5.74, 6) is -0.200. The summed E-state index contributed by atoms with van der Waals surface area (Å²) >= 11 is 0. The van der Waals surface area contributed by atoms with Crippen molar-refractivity contribution in [2.45, 2.75) is 19.0 Å². The van der Waals surface area contributed by atoms with Gasteiger partial charge in [0.05, 0.1) is 25.1 Å². The Kier molecular flexibility index (Phi) is 5.51. The zero-order chi connectivity index (χ0) is 16.9. The van der Waals surface area contributed by atoms with Crippen molar-refractivity contribution in [2.24, 2.45) is 0 Å². The predicted molar refractivity (Wildman–Crippen MR) is 82.3 cm³/mol. The molecule has 2 rings (SSSR count). The Labute approximate surface area is 133 Å². The third kappa shape index (κ3) is 5.84. The van der Waals surface area contributed by atoms with E-state index < -0.39 is 21.9 Å². The highest BCUT2D eigenvalue weighted by atomic mass is 32.2. The van der Waals surface area contributed by atoms with E-state index in [2.05, 4.69) is 10.0 Å². The summed E-state index contributed by atoms with van der Waals surface area (Å²) in [5.41, 5.74) is 0.505. The van der Waals surface area contributed by atoms with Gasteiger partial charge in [0.25, 0.3) is 0 Å². The first-order valence-corrected chi connectivity index (χ1v) is 8.74. The van der Waals surface area contributed by atoms with E-state index in [-0.39, 0.29) is 18.9 Å². The second kappa shape index (κ2) is 7.38. The van der Waals surface area contributed by atoms with Crippen LogP contribution in [-0.4, -0.2) is 20.6 Å². The minimum atomic E-state index is -3.53. The quantitative estimate of drug-likeness (QED) is 0.803. The summed E-state index contributed by atoms with van der Waals surface area (Å²) < 4.78 is 43.4. The molecule has 1 amide bonds. The Morgan fingerprint density at radius 1 is 1.26 bits per heavy atom. The molecule has 1 aromatic carbocycles. The van der Waals surface area contributed by atoms with Gasteiger partial charge in [0.1, 0.15) is 11.6 Å². The average Bonchev–Trinajstić information content (AvgIpc) is 2.97. The lowest BCUT2D eigenvalue weighted by atomic mass is 10.0. The molecule has 0 spiro atoms. The van der Waals surface area contributed by atoms with E-state index in [1.165, 1.54) is 30.5 Å². The fourth-order valence-corrected chi connectivity index (χ4v) is 2.77. The van der Waals surface area contributed by atoms with Gasteiger partial charge in [0, 0.05) is 6.42 Å².